The highest BCUT2D eigenvalue weighted by Crippen LogP contribution is 2.30. The zero-order valence-corrected chi connectivity index (χ0v) is 13.9. The monoisotopic (exact) mass is 357 g/mol. The number of esters is 3. The maximum absolute atomic E-state index is 11.5. The van der Waals surface area contributed by atoms with Crippen molar-refractivity contribution in [3.8, 4) is 0 Å². The van der Waals surface area contributed by atoms with E-state index in [1.165, 1.54) is 31.6 Å². The Balaban J connectivity index is 2.34. The molecule has 0 aromatic carbocycles. The van der Waals surface area contributed by atoms with E-state index in [0.29, 0.717) is 0 Å². The first kappa shape index (κ1) is 18.8. The van der Waals surface area contributed by atoms with Gasteiger partial charge >= 0.3 is 17.9 Å². The molecule has 0 radical (unpaired) electrons. The third kappa shape index (κ3) is 4.73. The number of nitrogens with zero attached hydrogens (tertiary/aromatic N) is 3. The van der Waals surface area contributed by atoms with Crippen LogP contribution in [0.1, 0.15) is 32.7 Å². The minimum absolute atomic E-state index is 0.117. The molecular weight excluding hydrogens is 338 g/mol. The van der Waals surface area contributed by atoms with Gasteiger partial charge in [0.05, 0.1) is 19.4 Å². The molecule has 0 saturated carbocycles. The lowest BCUT2D eigenvalue weighted by atomic mass is 10.0. The van der Waals surface area contributed by atoms with Crippen molar-refractivity contribution in [2.45, 2.75) is 51.9 Å². The molecule has 11 nitrogen and oxygen atoms in total. The molecule has 4 atom stereocenters. The summed E-state index contributed by atoms with van der Waals surface area (Å²) in [5.41, 5.74) is 0.274. The number of rotatable bonds is 5. The molecule has 1 saturated heterocycles. The lowest BCUT2D eigenvalue weighted by Crippen LogP contribution is -2.55. The molecule has 1 aliphatic rings. The zero-order chi connectivity index (χ0) is 18.6. The Bertz CT molecular complexity index is 646. The van der Waals surface area contributed by atoms with Crippen LogP contribution >= 0.6 is 0 Å². The standard InChI is InChI=1S/C14H19N3O8/c1-7(19)23-11-6-22-14(17-4-10(5-18)15-16-17)13(25-9(3)21)12(11)24-8(2)20/h4,11-14,18H,5-6H2,1-3H3/t11-,12+,13-,14-/m1/s1. The van der Waals surface area contributed by atoms with Crippen LogP contribution in [0.4, 0.5) is 0 Å². The number of carbonyl (C=O) groups excluding carboxylic acids is 3. The first-order chi connectivity index (χ1) is 11.8. The van der Waals surface area contributed by atoms with Gasteiger partial charge in [-0.15, -0.1) is 5.10 Å². The Morgan fingerprint density at radius 1 is 1.16 bits per heavy atom. The van der Waals surface area contributed by atoms with E-state index in [2.05, 4.69) is 10.3 Å². The van der Waals surface area contributed by atoms with Crippen molar-refractivity contribution in [3.05, 3.63) is 11.9 Å². The summed E-state index contributed by atoms with van der Waals surface area (Å²) < 4.78 is 22.4. The molecule has 2 heterocycles. The number of aliphatic hydroxyl groups is 1. The number of aromatic nitrogens is 3. The fourth-order valence-electron chi connectivity index (χ4n) is 2.46. The normalized spacial score (nSPS) is 25.9. The Morgan fingerprint density at radius 2 is 1.76 bits per heavy atom. The molecule has 2 rings (SSSR count). The first-order valence-corrected chi connectivity index (χ1v) is 7.46. The molecular formula is C14H19N3O8. The molecule has 11 heteroatoms. The zero-order valence-electron chi connectivity index (χ0n) is 13.9. The Morgan fingerprint density at radius 3 is 2.28 bits per heavy atom. The summed E-state index contributed by atoms with van der Waals surface area (Å²) >= 11 is 0. The SMILES string of the molecule is CC(=O)O[C@@H]1[C@@H](OC(C)=O)[C@H](OC(C)=O)CO[C@H]1n1cc(CO)nn1. The van der Waals surface area contributed by atoms with Crippen molar-refractivity contribution in [3.63, 3.8) is 0 Å². The van der Waals surface area contributed by atoms with Gasteiger partial charge in [-0.05, 0) is 0 Å². The van der Waals surface area contributed by atoms with Gasteiger partial charge in [-0.1, -0.05) is 5.21 Å². The molecule has 25 heavy (non-hydrogen) atoms. The molecule has 0 bridgehead atoms. The van der Waals surface area contributed by atoms with Crippen molar-refractivity contribution in [1.82, 2.24) is 15.0 Å². The second-order valence-corrected chi connectivity index (χ2v) is 5.37. The third-order valence-electron chi connectivity index (χ3n) is 3.30. The quantitative estimate of drug-likeness (QED) is 0.520. The van der Waals surface area contributed by atoms with E-state index < -0.39 is 42.4 Å². The van der Waals surface area contributed by atoms with Crippen molar-refractivity contribution in [2.24, 2.45) is 0 Å². The fourth-order valence-corrected chi connectivity index (χ4v) is 2.46. The van der Waals surface area contributed by atoms with Gasteiger partial charge < -0.3 is 24.1 Å². The van der Waals surface area contributed by atoms with Gasteiger partial charge in [0, 0.05) is 20.8 Å². The minimum Gasteiger partial charge on any atom is -0.456 e. The molecule has 1 fully saturated rings. The van der Waals surface area contributed by atoms with Crippen molar-refractivity contribution < 1.29 is 38.4 Å². The molecule has 138 valence electrons. The van der Waals surface area contributed by atoms with Gasteiger partial charge in [-0.25, -0.2) is 4.68 Å². The molecule has 0 spiro atoms. The average Bonchev–Trinajstić information content (AvgIpc) is 2.98. The minimum atomic E-state index is -1.13. The van der Waals surface area contributed by atoms with Gasteiger partial charge in [0.25, 0.3) is 0 Å². The number of aliphatic hydroxyl groups excluding tert-OH is 1. The summed E-state index contributed by atoms with van der Waals surface area (Å²) in [4.78, 5) is 34.2. The van der Waals surface area contributed by atoms with Crippen LogP contribution < -0.4 is 0 Å². The number of hydrogen-bond donors (Lipinski definition) is 1. The summed E-state index contributed by atoms with van der Waals surface area (Å²) in [6.07, 6.45) is -2.76. The Hall–Kier alpha value is -2.53. The highest BCUT2D eigenvalue weighted by molar-refractivity contribution is 5.68. The smallest absolute Gasteiger partial charge is 0.303 e. The lowest BCUT2D eigenvalue weighted by molar-refractivity contribution is -0.241. The summed E-state index contributed by atoms with van der Waals surface area (Å²) in [6.45, 7) is 3.10. The first-order valence-electron chi connectivity index (χ1n) is 7.46. The predicted octanol–water partition coefficient (Wildman–Crippen LogP) is -0.906. The summed E-state index contributed by atoms with van der Waals surface area (Å²) in [5.74, 6) is -1.90. The van der Waals surface area contributed by atoms with Gasteiger partial charge in [0.15, 0.2) is 24.5 Å². The van der Waals surface area contributed by atoms with E-state index in [1.807, 2.05) is 0 Å². The molecule has 1 N–H and O–H groups in total. The van der Waals surface area contributed by atoms with E-state index >= 15 is 0 Å². The van der Waals surface area contributed by atoms with Gasteiger partial charge in [0.1, 0.15) is 5.69 Å². The number of carbonyl (C=O) groups is 3. The van der Waals surface area contributed by atoms with E-state index in [1.54, 1.807) is 0 Å². The molecule has 0 unspecified atom stereocenters. The van der Waals surface area contributed by atoms with E-state index in [4.69, 9.17) is 24.1 Å². The van der Waals surface area contributed by atoms with E-state index in [-0.39, 0.29) is 18.9 Å². The van der Waals surface area contributed by atoms with Gasteiger partial charge in [-0.2, -0.15) is 0 Å². The topological polar surface area (TPSA) is 139 Å². The maximum Gasteiger partial charge on any atom is 0.303 e. The predicted molar refractivity (Wildman–Crippen MR) is 77.6 cm³/mol. The molecule has 0 aliphatic carbocycles. The molecule has 0 amide bonds. The number of ether oxygens (including phenoxy) is 4. The van der Waals surface area contributed by atoms with Crippen LogP contribution in [0.3, 0.4) is 0 Å². The van der Waals surface area contributed by atoms with Crippen LogP contribution in [-0.2, 0) is 39.9 Å². The second kappa shape index (κ2) is 8.03. The van der Waals surface area contributed by atoms with Gasteiger partial charge in [-0.3, -0.25) is 14.4 Å². The van der Waals surface area contributed by atoms with Crippen molar-refractivity contribution >= 4 is 17.9 Å². The summed E-state index contributed by atoms with van der Waals surface area (Å²) in [7, 11) is 0. The van der Waals surface area contributed by atoms with Crippen molar-refractivity contribution in [2.75, 3.05) is 6.61 Å². The van der Waals surface area contributed by atoms with Crippen LogP contribution in [0.15, 0.2) is 6.20 Å². The Labute approximate surface area is 142 Å². The fraction of sp³-hybridized carbons (Fsp3) is 0.643. The van der Waals surface area contributed by atoms with Gasteiger partial charge in [0.2, 0.25) is 0 Å². The van der Waals surface area contributed by atoms with Crippen LogP contribution in [0.2, 0.25) is 0 Å². The number of hydrogen-bond acceptors (Lipinski definition) is 10. The van der Waals surface area contributed by atoms with Crippen LogP contribution in [0.5, 0.6) is 0 Å². The summed E-state index contributed by atoms with van der Waals surface area (Å²) in [6, 6.07) is 0. The highest BCUT2D eigenvalue weighted by atomic mass is 16.6. The largest absolute Gasteiger partial charge is 0.456 e. The molecule has 1 aliphatic heterocycles. The van der Waals surface area contributed by atoms with Crippen LogP contribution in [0.25, 0.3) is 0 Å². The maximum atomic E-state index is 11.5. The Kier molecular flexibility index (Phi) is 6.04. The second-order valence-electron chi connectivity index (χ2n) is 5.37. The lowest BCUT2D eigenvalue weighted by Gasteiger charge is -2.40. The third-order valence-corrected chi connectivity index (χ3v) is 3.30. The summed E-state index contributed by atoms with van der Waals surface area (Å²) in [5, 5.41) is 16.6. The van der Waals surface area contributed by atoms with Crippen LogP contribution in [0, 0.1) is 0 Å². The van der Waals surface area contributed by atoms with E-state index in [0.717, 1.165) is 0 Å². The molecule has 1 aromatic rings. The average molecular weight is 357 g/mol. The van der Waals surface area contributed by atoms with Crippen LogP contribution in [-0.4, -0.2) is 62.9 Å². The highest BCUT2D eigenvalue weighted by Gasteiger charge is 2.48. The van der Waals surface area contributed by atoms with Crippen molar-refractivity contribution in [1.29, 1.82) is 0 Å². The molecule has 1 aromatic heterocycles. The van der Waals surface area contributed by atoms with E-state index in [9.17, 15) is 14.4 Å².